The third-order valence-corrected chi connectivity index (χ3v) is 6.53. The largest absolute Gasteiger partial charge is 0.490 e. The van der Waals surface area contributed by atoms with Gasteiger partial charge in [-0.1, -0.05) is 31.9 Å². The van der Waals surface area contributed by atoms with Crippen LogP contribution in [0, 0.1) is 5.92 Å². The van der Waals surface area contributed by atoms with Crippen molar-refractivity contribution in [3.8, 4) is 11.5 Å². The molecule has 29 heavy (non-hydrogen) atoms. The van der Waals surface area contributed by atoms with Crippen molar-refractivity contribution in [3.05, 3.63) is 57.5 Å². The Morgan fingerprint density at radius 3 is 2.17 bits per heavy atom. The maximum Gasteiger partial charge on any atom is 0.157 e. The van der Waals surface area contributed by atoms with Gasteiger partial charge < -0.3 is 18.9 Å². The van der Waals surface area contributed by atoms with E-state index < -0.39 is 0 Å². The molecule has 1 saturated heterocycles. The molecular formula is C23H26Br2O4. The van der Waals surface area contributed by atoms with Gasteiger partial charge in [0.2, 0.25) is 0 Å². The third-order valence-electron chi connectivity index (χ3n) is 5.47. The molecule has 0 N–H and O–H groups in total. The molecule has 2 aromatic carbocycles. The lowest BCUT2D eigenvalue weighted by Crippen LogP contribution is -2.45. The second kappa shape index (κ2) is 10.3. The van der Waals surface area contributed by atoms with E-state index in [1.165, 1.54) is 6.42 Å². The Kier molecular flexibility index (Phi) is 7.51. The third kappa shape index (κ3) is 6.20. The average Bonchev–Trinajstić information content (AvgIpc) is 2.71. The standard InChI is InChI=1S/C23H26Br2O4/c24-17-4-8-19(9-5-17)27-15-22(28-20-10-6-18(25)7-11-20)16-13-21(14-16)29-23-3-1-2-12-26-23/h4-11,16,21-23H,1-3,12-15H2. The van der Waals surface area contributed by atoms with Crippen LogP contribution in [0.15, 0.2) is 57.5 Å². The molecule has 6 heteroatoms. The van der Waals surface area contributed by atoms with Gasteiger partial charge in [0, 0.05) is 21.5 Å². The van der Waals surface area contributed by atoms with Gasteiger partial charge in [0.25, 0.3) is 0 Å². The summed E-state index contributed by atoms with van der Waals surface area (Å²) in [6.45, 7) is 1.33. The fraction of sp³-hybridized carbons (Fsp3) is 0.478. The van der Waals surface area contributed by atoms with Crippen LogP contribution in [-0.2, 0) is 9.47 Å². The fourth-order valence-corrected chi connectivity index (χ4v) is 4.25. The average molecular weight is 526 g/mol. The van der Waals surface area contributed by atoms with Crippen LogP contribution in [0.1, 0.15) is 32.1 Å². The van der Waals surface area contributed by atoms with Gasteiger partial charge in [-0.15, -0.1) is 0 Å². The van der Waals surface area contributed by atoms with Gasteiger partial charge in [-0.2, -0.15) is 0 Å². The lowest BCUT2D eigenvalue weighted by molar-refractivity contribution is -0.215. The molecule has 0 spiro atoms. The zero-order valence-electron chi connectivity index (χ0n) is 16.3. The highest BCUT2D eigenvalue weighted by atomic mass is 79.9. The summed E-state index contributed by atoms with van der Waals surface area (Å²) in [4.78, 5) is 0. The molecule has 1 aliphatic heterocycles. The first kappa shape index (κ1) is 21.2. The van der Waals surface area contributed by atoms with Gasteiger partial charge in [-0.05, 0) is 80.6 Å². The fourth-order valence-electron chi connectivity index (χ4n) is 3.72. The molecule has 0 bridgehead atoms. The number of hydrogen-bond acceptors (Lipinski definition) is 4. The van der Waals surface area contributed by atoms with Crippen LogP contribution < -0.4 is 9.47 Å². The predicted molar refractivity (Wildman–Crippen MR) is 119 cm³/mol. The predicted octanol–water partition coefficient (Wildman–Crippen LogP) is 6.36. The van der Waals surface area contributed by atoms with E-state index in [0.717, 1.165) is 52.7 Å². The molecule has 2 unspecified atom stereocenters. The monoisotopic (exact) mass is 524 g/mol. The number of ether oxygens (including phenoxy) is 4. The molecule has 1 heterocycles. The van der Waals surface area contributed by atoms with Crippen molar-refractivity contribution < 1.29 is 18.9 Å². The second-order valence-electron chi connectivity index (χ2n) is 7.66. The van der Waals surface area contributed by atoms with E-state index in [1.54, 1.807) is 0 Å². The first-order valence-corrected chi connectivity index (χ1v) is 11.8. The Balaban J connectivity index is 1.34. The van der Waals surface area contributed by atoms with E-state index in [1.807, 2.05) is 48.5 Å². The summed E-state index contributed by atoms with van der Waals surface area (Å²) >= 11 is 6.93. The summed E-state index contributed by atoms with van der Waals surface area (Å²) in [5.74, 6) is 2.11. The van der Waals surface area contributed by atoms with Crippen LogP contribution in [0.5, 0.6) is 11.5 Å². The Hall–Kier alpha value is -1.08. The van der Waals surface area contributed by atoms with E-state index in [-0.39, 0.29) is 18.5 Å². The van der Waals surface area contributed by atoms with Crippen molar-refractivity contribution in [2.24, 2.45) is 5.92 Å². The molecule has 1 aliphatic carbocycles. The lowest BCUT2D eigenvalue weighted by Gasteiger charge is -2.41. The quantitative estimate of drug-likeness (QED) is 0.402. The molecule has 0 aromatic heterocycles. The summed E-state index contributed by atoms with van der Waals surface area (Å²) in [7, 11) is 0. The highest BCUT2D eigenvalue weighted by Gasteiger charge is 2.39. The zero-order chi connectivity index (χ0) is 20.1. The number of rotatable bonds is 8. The van der Waals surface area contributed by atoms with Crippen molar-refractivity contribution in [2.75, 3.05) is 13.2 Å². The molecule has 4 rings (SSSR count). The van der Waals surface area contributed by atoms with Crippen LogP contribution in [0.3, 0.4) is 0 Å². The molecule has 2 fully saturated rings. The van der Waals surface area contributed by atoms with Gasteiger partial charge >= 0.3 is 0 Å². The summed E-state index contributed by atoms with van der Waals surface area (Å²) < 4.78 is 26.3. The molecule has 2 aliphatic rings. The van der Waals surface area contributed by atoms with Crippen molar-refractivity contribution >= 4 is 31.9 Å². The highest BCUT2D eigenvalue weighted by molar-refractivity contribution is 9.10. The SMILES string of the molecule is Brc1ccc(OCC(Oc2ccc(Br)cc2)C2CC(OC3CCCCO3)C2)cc1. The summed E-state index contributed by atoms with van der Waals surface area (Å²) in [5, 5.41) is 0. The van der Waals surface area contributed by atoms with Crippen LogP contribution in [-0.4, -0.2) is 31.7 Å². The number of hydrogen-bond donors (Lipinski definition) is 0. The van der Waals surface area contributed by atoms with Gasteiger partial charge in [0.05, 0.1) is 6.10 Å². The van der Waals surface area contributed by atoms with Crippen molar-refractivity contribution in [1.29, 1.82) is 0 Å². The second-order valence-corrected chi connectivity index (χ2v) is 9.49. The smallest absolute Gasteiger partial charge is 0.157 e. The van der Waals surface area contributed by atoms with Gasteiger partial charge in [-0.25, -0.2) is 0 Å². The molecule has 156 valence electrons. The van der Waals surface area contributed by atoms with Gasteiger partial charge in [0.15, 0.2) is 6.29 Å². The molecule has 0 radical (unpaired) electrons. The van der Waals surface area contributed by atoms with E-state index >= 15 is 0 Å². The lowest BCUT2D eigenvalue weighted by atomic mass is 9.78. The first-order valence-electron chi connectivity index (χ1n) is 10.2. The molecule has 2 atom stereocenters. The Labute approximate surface area is 189 Å². The normalized spacial score (nSPS) is 25.1. The molecule has 1 saturated carbocycles. The maximum atomic E-state index is 6.32. The molecule has 2 aromatic rings. The van der Waals surface area contributed by atoms with Crippen LogP contribution in [0.4, 0.5) is 0 Å². The summed E-state index contributed by atoms with van der Waals surface area (Å²) in [5.41, 5.74) is 0. The van der Waals surface area contributed by atoms with Crippen molar-refractivity contribution in [2.45, 2.75) is 50.6 Å². The first-order chi connectivity index (χ1) is 14.2. The molecule has 0 amide bonds. The minimum absolute atomic E-state index is 0.0213. The summed E-state index contributed by atoms with van der Waals surface area (Å²) in [6.07, 6.45) is 5.50. The topological polar surface area (TPSA) is 36.9 Å². The molecular weight excluding hydrogens is 500 g/mol. The Morgan fingerprint density at radius 2 is 1.55 bits per heavy atom. The number of halogens is 2. The summed E-state index contributed by atoms with van der Waals surface area (Å²) in [6, 6.07) is 15.9. The van der Waals surface area contributed by atoms with Crippen molar-refractivity contribution in [3.63, 3.8) is 0 Å². The zero-order valence-corrected chi connectivity index (χ0v) is 19.4. The van der Waals surface area contributed by atoms with Crippen LogP contribution in [0.2, 0.25) is 0 Å². The van der Waals surface area contributed by atoms with Gasteiger partial charge in [0.1, 0.15) is 24.2 Å². The van der Waals surface area contributed by atoms with Crippen LogP contribution >= 0.6 is 31.9 Å². The Morgan fingerprint density at radius 1 is 0.897 bits per heavy atom. The minimum Gasteiger partial charge on any atom is -0.490 e. The highest BCUT2D eigenvalue weighted by Crippen LogP contribution is 2.37. The maximum absolute atomic E-state index is 6.32. The van der Waals surface area contributed by atoms with E-state index in [0.29, 0.717) is 12.5 Å². The van der Waals surface area contributed by atoms with Crippen molar-refractivity contribution in [1.82, 2.24) is 0 Å². The van der Waals surface area contributed by atoms with E-state index in [4.69, 9.17) is 18.9 Å². The Bertz CT molecular complexity index is 753. The van der Waals surface area contributed by atoms with Gasteiger partial charge in [-0.3, -0.25) is 0 Å². The van der Waals surface area contributed by atoms with Crippen LogP contribution in [0.25, 0.3) is 0 Å². The van der Waals surface area contributed by atoms with E-state index in [2.05, 4.69) is 31.9 Å². The van der Waals surface area contributed by atoms with E-state index in [9.17, 15) is 0 Å². The minimum atomic E-state index is -0.0282. The molecule has 4 nitrogen and oxygen atoms in total. The number of benzene rings is 2.